The van der Waals surface area contributed by atoms with Gasteiger partial charge in [0.05, 0.1) is 0 Å². The number of hydrogen-bond acceptors (Lipinski definition) is 2. The van der Waals surface area contributed by atoms with Crippen LogP contribution in [0.25, 0.3) is 0 Å². The summed E-state index contributed by atoms with van der Waals surface area (Å²) in [6, 6.07) is 0.532. The van der Waals surface area contributed by atoms with Gasteiger partial charge in [-0.05, 0) is 31.6 Å². The third-order valence-electron chi connectivity index (χ3n) is 4.23. The van der Waals surface area contributed by atoms with Crippen LogP contribution in [-0.2, 0) is 4.79 Å². The smallest absolute Gasteiger partial charge is 0.222 e. The van der Waals surface area contributed by atoms with Crippen LogP contribution in [0.2, 0.25) is 0 Å². The Kier molecular flexibility index (Phi) is 11.7. The molecule has 1 saturated carbocycles. The fourth-order valence-corrected chi connectivity index (χ4v) is 2.67. The molecule has 1 fully saturated rings. The second-order valence-electron chi connectivity index (χ2n) is 6.21. The first-order chi connectivity index (χ1) is 10.1. The standard InChI is InChI=1S/C16H32N4O.HI/c1-5-13-6-8-14(9-7-13)20-16(17-4)19-11-10-18-15(21)12(2)3;/h12-14H,5-11H2,1-4H3,(H,18,21)(H2,17,19,20);1H. The molecule has 3 N–H and O–H groups in total. The molecular weight excluding hydrogens is 391 g/mol. The number of nitrogens with one attached hydrogen (secondary N) is 3. The maximum atomic E-state index is 11.4. The lowest BCUT2D eigenvalue weighted by Gasteiger charge is -2.29. The van der Waals surface area contributed by atoms with Gasteiger partial charge in [0.2, 0.25) is 5.91 Å². The van der Waals surface area contributed by atoms with Crippen molar-refractivity contribution in [2.75, 3.05) is 20.1 Å². The van der Waals surface area contributed by atoms with E-state index in [2.05, 4.69) is 27.9 Å². The van der Waals surface area contributed by atoms with Crippen LogP contribution in [0, 0.1) is 11.8 Å². The van der Waals surface area contributed by atoms with Gasteiger partial charge in [0.15, 0.2) is 5.96 Å². The van der Waals surface area contributed by atoms with Crippen LogP contribution in [-0.4, -0.2) is 38.0 Å². The lowest BCUT2D eigenvalue weighted by molar-refractivity contribution is -0.123. The maximum absolute atomic E-state index is 11.4. The zero-order valence-electron chi connectivity index (χ0n) is 14.4. The zero-order valence-corrected chi connectivity index (χ0v) is 16.8. The van der Waals surface area contributed by atoms with Crippen LogP contribution >= 0.6 is 24.0 Å². The van der Waals surface area contributed by atoms with E-state index >= 15 is 0 Å². The van der Waals surface area contributed by atoms with Crippen LogP contribution in [0.15, 0.2) is 4.99 Å². The molecular formula is C16H33IN4O. The highest BCUT2D eigenvalue weighted by Crippen LogP contribution is 2.26. The molecule has 6 heteroatoms. The summed E-state index contributed by atoms with van der Waals surface area (Å²) in [4.78, 5) is 15.7. The molecule has 1 aliphatic carbocycles. The number of nitrogens with zero attached hydrogens (tertiary/aromatic N) is 1. The summed E-state index contributed by atoms with van der Waals surface area (Å²) in [5.41, 5.74) is 0. The Balaban J connectivity index is 0.00000441. The summed E-state index contributed by atoms with van der Waals surface area (Å²) in [6.45, 7) is 7.40. The SMILES string of the molecule is CCC1CCC(NC(=NC)NCCNC(=O)C(C)C)CC1.I. The van der Waals surface area contributed by atoms with E-state index in [-0.39, 0.29) is 35.8 Å². The number of carbonyl (C=O) groups is 1. The van der Waals surface area contributed by atoms with Gasteiger partial charge >= 0.3 is 0 Å². The van der Waals surface area contributed by atoms with Gasteiger partial charge in [-0.1, -0.05) is 27.2 Å². The second-order valence-corrected chi connectivity index (χ2v) is 6.21. The molecule has 0 atom stereocenters. The Morgan fingerprint density at radius 2 is 1.73 bits per heavy atom. The summed E-state index contributed by atoms with van der Waals surface area (Å²) in [5.74, 6) is 1.88. The minimum absolute atomic E-state index is 0. The number of amides is 1. The van der Waals surface area contributed by atoms with Crippen molar-refractivity contribution in [3.8, 4) is 0 Å². The first-order valence-corrected chi connectivity index (χ1v) is 8.31. The number of aliphatic imine (C=N–C) groups is 1. The quantitative estimate of drug-likeness (QED) is 0.266. The highest BCUT2D eigenvalue weighted by molar-refractivity contribution is 14.0. The molecule has 130 valence electrons. The van der Waals surface area contributed by atoms with E-state index in [4.69, 9.17) is 0 Å². The first kappa shape index (κ1) is 21.5. The average Bonchev–Trinajstić information content (AvgIpc) is 2.50. The summed E-state index contributed by atoms with van der Waals surface area (Å²) in [6.07, 6.45) is 6.38. The van der Waals surface area contributed by atoms with Crippen LogP contribution < -0.4 is 16.0 Å². The molecule has 0 bridgehead atoms. The van der Waals surface area contributed by atoms with E-state index in [0.29, 0.717) is 19.1 Å². The molecule has 0 heterocycles. The fourth-order valence-electron chi connectivity index (χ4n) is 2.67. The Bertz CT molecular complexity index is 339. The minimum Gasteiger partial charge on any atom is -0.355 e. The molecule has 0 aromatic carbocycles. The average molecular weight is 424 g/mol. The number of guanidine groups is 1. The Labute approximate surface area is 152 Å². The van der Waals surface area contributed by atoms with Gasteiger partial charge in [-0.25, -0.2) is 0 Å². The number of halogens is 1. The van der Waals surface area contributed by atoms with Crippen molar-refractivity contribution in [1.29, 1.82) is 0 Å². The lowest BCUT2D eigenvalue weighted by Crippen LogP contribution is -2.47. The van der Waals surface area contributed by atoms with Crippen molar-refractivity contribution < 1.29 is 4.79 Å². The summed E-state index contributed by atoms with van der Waals surface area (Å²) in [5, 5.41) is 9.64. The summed E-state index contributed by atoms with van der Waals surface area (Å²) < 4.78 is 0. The highest BCUT2D eigenvalue weighted by atomic mass is 127. The monoisotopic (exact) mass is 424 g/mol. The molecule has 5 nitrogen and oxygen atoms in total. The highest BCUT2D eigenvalue weighted by Gasteiger charge is 2.20. The molecule has 1 amide bonds. The summed E-state index contributed by atoms with van der Waals surface area (Å²) in [7, 11) is 1.79. The molecule has 0 aromatic rings. The van der Waals surface area contributed by atoms with Crippen molar-refractivity contribution in [3.05, 3.63) is 0 Å². The van der Waals surface area contributed by atoms with Crippen molar-refractivity contribution in [1.82, 2.24) is 16.0 Å². The summed E-state index contributed by atoms with van der Waals surface area (Å²) >= 11 is 0. The van der Waals surface area contributed by atoms with E-state index in [9.17, 15) is 4.79 Å². The number of rotatable bonds is 6. The van der Waals surface area contributed by atoms with Crippen molar-refractivity contribution in [2.45, 2.75) is 58.9 Å². The van der Waals surface area contributed by atoms with E-state index in [1.807, 2.05) is 13.8 Å². The van der Waals surface area contributed by atoms with E-state index in [1.54, 1.807) is 7.05 Å². The Morgan fingerprint density at radius 3 is 2.23 bits per heavy atom. The first-order valence-electron chi connectivity index (χ1n) is 8.31. The third kappa shape index (κ3) is 8.19. The van der Waals surface area contributed by atoms with Gasteiger partial charge in [0, 0.05) is 32.1 Å². The third-order valence-corrected chi connectivity index (χ3v) is 4.23. The van der Waals surface area contributed by atoms with Gasteiger partial charge in [0.25, 0.3) is 0 Å². The van der Waals surface area contributed by atoms with Crippen LogP contribution in [0.3, 0.4) is 0 Å². The van der Waals surface area contributed by atoms with Gasteiger partial charge in [-0.3, -0.25) is 9.79 Å². The molecule has 0 saturated heterocycles. The van der Waals surface area contributed by atoms with Gasteiger partial charge in [-0.2, -0.15) is 0 Å². The number of hydrogen-bond donors (Lipinski definition) is 3. The molecule has 22 heavy (non-hydrogen) atoms. The minimum atomic E-state index is 0. The van der Waals surface area contributed by atoms with Crippen molar-refractivity contribution in [3.63, 3.8) is 0 Å². The second kappa shape index (κ2) is 12.0. The largest absolute Gasteiger partial charge is 0.355 e. The fraction of sp³-hybridized carbons (Fsp3) is 0.875. The van der Waals surface area contributed by atoms with Gasteiger partial charge < -0.3 is 16.0 Å². The Hall–Kier alpha value is -0.530. The van der Waals surface area contributed by atoms with Gasteiger partial charge in [-0.15, -0.1) is 24.0 Å². The molecule has 0 aliphatic heterocycles. The predicted octanol–water partition coefficient (Wildman–Crippen LogP) is 2.51. The topological polar surface area (TPSA) is 65.5 Å². The maximum Gasteiger partial charge on any atom is 0.222 e. The van der Waals surface area contributed by atoms with E-state index in [1.165, 1.54) is 32.1 Å². The van der Waals surface area contributed by atoms with Crippen LogP contribution in [0.4, 0.5) is 0 Å². The molecule has 0 aromatic heterocycles. The van der Waals surface area contributed by atoms with E-state index < -0.39 is 0 Å². The lowest BCUT2D eigenvalue weighted by atomic mass is 9.84. The number of carbonyl (C=O) groups excluding carboxylic acids is 1. The van der Waals surface area contributed by atoms with Gasteiger partial charge in [0.1, 0.15) is 0 Å². The van der Waals surface area contributed by atoms with Crippen LogP contribution in [0.1, 0.15) is 52.9 Å². The van der Waals surface area contributed by atoms with Crippen molar-refractivity contribution >= 4 is 35.8 Å². The molecule has 1 rings (SSSR count). The van der Waals surface area contributed by atoms with Crippen molar-refractivity contribution in [2.24, 2.45) is 16.8 Å². The molecule has 0 radical (unpaired) electrons. The van der Waals surface area contributed by atoms with Crippen LogP contribution in [0.5, 0.6) is 0 Å². The normalized spacial score (nSPS) is 22.0. The van der Waals surface area contributed by atoms with E-state index in [0.717, 1.165) is 11.9 Å². The molecule has 1 aliphatic rings. The predicted molar refractivity (Wildman–Crippen MR) is 104 cm³/mol. The molecule has 0 spiro atoms. The zero-order chi connectivity index (χ0) is 15.7. The molecule has 0 unspecified atom stereocenters. The Morgan fingerprint density at radius 1 is 1.14 bits per heavy atom.